The summed E-state index contributed by atoms with van der Waals surface area (Å²) in [6.45, 7) is 0. The topological polar surface area (TPSA) is 83.8 Å². The van der Waals surface area contributed by atoms with E-state index in [0.717, 1.165) is 15.5 Å². The van der Waals surface area contributed by atoms with Crippen LogP contribution in [0.1, 0.15) is 0 Å². The van der Waals surface area contributed by atoms with Gasteiger partial charge in [0.05, 0.1) is 6.20 Å². The van der Waals surface area contributed by atoms with Gasteiger partial charge in [0.1, 0.15) is 22.2 Å². The zero-order valence-electron chi connectivity index (χ0n) is 11.3. The Morgan fingerprint density at radius 3 is 2.86 bits per heavy atom. The van der Waals surface area contributed by atoms with Crippen LogP contribution in [0.5, 0.6) is 0 Å². The van der Waals surface area contributed by atoms with E-state index in [4.69, 9.17) is 4.42 Å². The van der Waals surface area contributed by atoms with Crippen molar-refractivity contribution in [2.45, 2.75) is 0 Å². The molecule has 0 saturated heterocycles. The number of hydrogen-bond donors (Lipinski definition) is 2. The van der Waals surface area contributed by atoms with Gasteiger partial charge in [-0.2, -0.15) is 4.73 Å². The van der Waals surface area contributed by atoms with Gasteiger partial charge in [0.25, 0.3) is 0 Å². The number of hydrogen-bond acceptors (Lipinski definition) is 5. The smallest absolute Gasteiger partial charge is 0.155 e. The molecule has 22 heavy (non-hydrogen) atoms. The molecule has 0 atom stereocenters. The van der Waals surface area contributed by atoms with Crippen molar-refractivity contribution in [1.29, 1.82) is 0 Å². The van der Waals surface area contributed by atoms with E-state index in [2.05, 4.69) is 10.1 Å². The predicted octanol–water partition coefficient (Wildman–Crippen LogP) is 2.98. The number of pyridine rings is 1. The zero-order chi connectivity index (χ0) is 15.1. The molecule has 3 aromatic heterocycles. The normalized spacial score (nSPS) is 12.3. The highest BCUT2D eigenvalue weighted by molar-refractivity contribution is 5.83. The van der Waals surface area contributed by atoms with Gasteiger partial charge in [-0.3, -0.25) is 4.98 Å². The third-order valence-electron chi connectivity index (χ3n) is 3.57. The van der Waals surface area contributed by atoms with Crippen LogP contribution in [0.15, 0.2) is 64.4 Å². The minimum atomic E-state index is 0.415. The summed E-state index contributed by atoms with van der Waals surface area (Å²) >= 11 is 0. The fourth-order valence-electron chi connectivity index (χ4n) is 2.48. The third-order valence-corrected chi connectivity index (χ3v) is 3.57. The van der Waals surface area contributed by atoms with Gasteiger partial charge in [-0.1, -0.05) is 17.3 Å². The number of benzene rings is 1. The Kier molecular flexibility index (Phi) is 2.62. The molecule has 3 heterocycles. The van der Waals surface area contributed by atoms with Gasteiger partial charge >= 0.3 is 0 Å². The van der Waals surface area contributed by atoms with Crippen LogP contribution in [0.4, 0.5) is 0 Å². The zero-order valence-corrected chi connectivity index (χ0v) is 11.3. The molecule has 1 aromatic carbocycles. The molecule has 4 rings (SSSR count). The third kappa shape index (κ3) is 1.81. The maximum absolute atomic E-state index is 9.60. The molecule has 0 unspecified atom stereocenters. The fourth-order valence-corrected chi connectivity index (χ4v) is 2.48. The van der Waals surface area contributed by atoms with E-state index in [0.29, 0.717) is 27.9 Å². The quantitative estimate of drug-likeness (QED) is 0.321. The molecule has 108 valence electrons. The van der Waals surface area contributed by atoms with Gasteiger partial charge in [0, 0.05) is 23.0 Å². The molecule has 0 bridgehead atoms. The Labute approximate surface area is 124 Å². The molecule has 6 heteroatoms. The molecule has 6 nitrogen and oxygen atoms in total. The Morgan fingerprint density at radius 1 is 1.14 bits per heavy atom. The first-order valence-electron chi connectivity index (χ1n) is 6.64. The van der Waals surface area contributed by atoms with Gasteiger partial charge in [-0.05, 0) is 24.3 Å². The monoisotopic (exact) mass is 293 g/mol. The van der Waals surface area contributed by atoms with Gasteiger partial charge < -0.3 is 14.8 Å². The van der Waals surface area contributed by atoms with Crippen molar-refractivity contribution in [2.75, 3.05) is 0 Å². The maximum atomic E-state index is 9.60. The fraction of sp³-hybridized carbons (Fsp3) is 0. The Bertz CT molecular complexity index is 1060. The summed E-state index contributed by atoms with van der Waals surface area (Å²) in [6.07, 6.45) is 3.10. The first kappa shape index (κ1) is 12.5. The lowest BCUT2D eigenvalue weighted by atomic mass is 10.2. The van der Waals surface area contributed by atoms with Gasteiger partial charge in [-0.15, -0.1) is 0 Å². The molecule has 0 saturated carbocycles. The molecular weight excluding hydrogens is 282 g/mol. The van der Waals surface area contributed by atoms with Crippen molar-refractivity contribution >= 4 is 21.9 Å². The summed E-state index contributed by atoms with van der Waals surface area (Å²) < 4.78 is 6.86. The lowest BCUT2D eigenvalue weighted by molar-refractivity contribution is 0.200. The van der Waals surface area contributed by atoms with Crippen molar-refractivity contribution in [3.63, 3.8) is 0 Å². The average Bonchev–Trinajstić information content (AvgIpc) is 2.94. The first-order chi connectivity index (χ1) is 10.8. The molecule has 0 amide bonds. The molecule has 2 N–H and O–H groups in total. The Morgan fingerprint density at radius 2 is 2.00 bits per heavy atom. The van der Waals surface area contributed by atoms with Crippen LogP contribution in [0.25, 0.3) is 33.3 Å². The SMILES string of the molecule is O/N=c1/cc(-c2cc3ccn(O)c3cn2)oc2ccccc12. The summed E-state index contributed by atoms with van der Waals surface area (Å²) in [7, 11) is 0. The highest BCUT2D eigenvalue weighted by atomic mass is 16.5. The lowest BCUT2D eigenvalue weighted by Crippen LogP contribution is -2.03. The number of fused-ring (bicyclic) bond motifs is 2. The highest BCUT2D eigenvalue weighted by Crippen LogP contribution is 2.24. The van der Waals surface area contributed by atoms with E-state index < -0.39 is 0 Å². The number of para-hydroxylation sites is 1. The van der Waals surface area contributed by atoms with E-state index in [1.165, 1.54) is 0 Å². The number of nitrogens with zero attached hydrogens (tertiary/aromatic N) is 3. The Balaban J connectivity index is 1.99. The molecule has 0 aliphatic carbocycles. The number of rotatable bonds is 1. The van der Waals surface area contributed by atoms with Crippen molar-refractivity contribution in [2.24, 2.45) is 5.16 Å². The van der Waals surface area contributed by atoms with Crippen LogP contribution in [0, 0.1) is 0 Å². The Hall–Kier alpha value is -3.28. The average molecular weight is 293 g/mol. The van der Waals surface area contributed by atoms with E-state index >= 15 is 0 Å². The van der Waals surface area contributed by atoms with Crippen LogP contribution < -0.4 is 5.36 Å². The van der Waals surface area contributed by atoms with Crippen molar-refractivity contribution < 1.29 is 14.8 Å². The largest absolute Gasteiger partial charge is 0.454 e. The molecule has 0 fully saturated rings. The second-order valence-corrected chi connectivity index (χ2v) is 4.88. The van der Waals surface area contributed by atoms with E-state index in [-0.39, 0.29) is 0 Å². The summed E-state index contributed by atoms with van der Waals surface area (Å²) in [5.74, 6) is 0.485. The van der Waals surface area contributed by atoms with Crippen LogP contribution in [-0.4, -0.2) is 20.1 Å². The minimum absolute atomic E-state index is 0.415. The van der Waals surface area contributed by atoms with Gasteiger partial charge in [0.2, 0.25) is 0 Å². The minimum Gasteiger partial charge on any atom is -0.454 e. The van der Waals surface area contributed by atoms with E-state index in [9.17, 15) is 10.4 Å². The highest BCUT2D eigenvalue weighted by Gasteiger charge is 2.09. The second kappa shape index (κ2) is 4.63. The van der Waals surface area contributed by atoms with E-state index in [1.54, 1.807) is 36.7 Å². The van der Waals surface area contributed by atoms with Gasteiger partial charge in [0.15, 0.2) is 5.76 Å². The van der Waals surface area contributed by atoms with Crippen LogP contribution >= 0.6 is 0 Å². The summed E-state index contributed by atoms with van der Waals surface area (Å²) in [5, 5.41) is 24.1. The van der Waals surface area contributed by atoms with Gasteiger partial charge in [-0.25, -0.2) is 0 Å². The lowest BCUT2D eigenvalue weighted by Gasteiger charge is -2.04. The first-order valence-corrected chi connectivity index (χ1v) is 6.64. The van der Waals surface area contributed by atoms with Crippen molar-refractivity contribution in [3.8, 4) is 11.5 Å². The molecule has 0 aliphatic rings. The van der Waals surface area contributed by atoms with Crippen molar-refractivity contribution in [1.82, 2.24) is 9.71 Å². The number of aromatic nitrogens is 2. The summed E-state index contributed by atoms with van der Waals surface area (Å²) in [5.41, 5.74) is 1.81. The van der Waals surface area contributed by atoms with Crippen LogP contribution in [0.2, 0.25) is 0 Å². The molecule has 0 radical (unpaired) electrons. The van der Waals surface area contributed by atoms with Crippen LogP contribution in [0.3, 0.4) is 0 Å². The molecular formula is C16H11N3O3. The molecule has 0 spiro atoms. The molecule has 0 aliphatic heterocycles. The maximum Gasteiger partial charge on any atom is 0.155 e. The standard InChI is InChI=1S/C16H11N3O3/c20-18-12-8-16(22-15-4-2-1-3-11(12)15)13-7-10-5-6-19(21)14(10)9-17-13/h1-9,20-21H/b18-12-. The van der Waals surface area contributed by atoms with Crippen LogP contribution in [-0.2, 0) is 0 Å². The summed E-state index contributed by atoms with van der Waals surface area (Å²) in [6, 6.07) is 12.5. The summed E-state index contributed by atoms with van der Waals surface area (Å²) in [4.78, 5) is 4.29. The second-order valence-electron chi connectivity index (χ2n) is 4.88. The van der Waals surface area contributed by atoms with E-state index in [1.807, 2.05) is 18.2 Å². The van der Waals surface area contributed by atoms with Crippen molar-refractivity contribution in [3.05, 3.63) is 60.2 Å². The predicted molar refractivity (Wildman–Crippen MR) is 79.5 cm³/mol. The molecule has 4 aromatic rings.